The molecule has 1 rings (SSSR count). The molecule has 0 fully saturated rings. The van der Waals surface area contributed by atoms with Crippen LogP contribution in [0.3, 0.4) is 0 Å². The van der Waals surface area contributed by atoms with E-state index in [-0.39, 0.29) is 23.3 Å². The van der Waals surface area contributed by atoms with Crippen LogP contribution in [0.4, 0.5) is 0 Å². The van der Waals surface area contributed by atoms with Crippen LogP contribution in [0.15, 0.2) is 18.2 Å². The van der Waals surface area contributed by atoms with Crippen LogP contribution in [-0.2, 0) is 16.0 Å². The fourth-order valence-corrected chi connectivity index (χ4v) is 1.16. The Bertz CT molecular complexity index is 492. The summed E-state index contributed by atoms with van der Waals surface area (Å²) in [4.78, 5) is 25.6. The van der Waals surface area contributed by atoms with Gasteiger partial charge >= 0.3 is 5.97 Å². The lowest BCUT2D eigenvalue weighted by Gasteiger charge is -2.06. The van der Waals surface area contributed by atoms with Crippen molar-refractivity contribution >= 4 is 5.97 Å². The Hall–Kier alpha value is -2.62. The highest BCUT2D eigenvalue weighted by molar-refractivity contribution is 5.73. The van der Waals surface area contributed by atoms with Crippen molar-refractivity contribution in [3.63, 3.8) is 0 Å². The van der Waals surface area contributed by atoms with Gasteiger partial charge < -0.3 is 4.74 Å². The van der Waals surface area contributed by atoms with Crippen LogP contribution in [-0.4, -0.2) is 18.2 Å². The zero-order valence-corrected chi connectivity index (χ0v) is 8.87. The van der Waals surface area contributed by atoms with Crippen LogP contribution < -0.4 is 4.84 Å². The molecule has 0 radical (unpaired) electrons. The molecule has 0 aliphatic rings. The van der Waals surface area contributed by atoms with Gasteiger partial charge in [-0.05, 0) is 17.7 Å². The van der Waals surface area contributed by atoms with Crippen LogP contribution in [0, 0.1) is 21.4 Å². The summed E-state index contributed by atoms with van der Waals surface area (Å²) in [5, 5.41) is 17.9. The van der Waals surface area contributed by atoms with E-state index < -0.39 is 11.1 Å². The molecule has 88 valence electrons. The third-order valence-corrected chi connectivity index (χ3v) is 1.93. The summed E-state index contributed by atoms with van der Waals surface area (Å²) in [6.07, 6.45) is -0.161. The van der Waals surface area contributed by atoms with Crippen molar-refractivity contribution in [1.82, 2.24) is 0 Å². The van der Waals surface area contributed by atoms with Crippen LogP contribution >= 0.6 is 0 Å². The Labute approximate surface area is 96.3 Å². The molecule has 0 aromatic heterocycles. The van der Waals surface area contributed by atoms with Crippen LogP contribution in [0.1, 0.15) is 11.1 Å². The van der Waals surface area contributed by atoms with Crippen molar-refractivity contribution in [1.29, 1.82) is 5.26 Å². The molecule has 0 N–H and O–H groups in total. The Balaban J connectivity index is 3.06. The van der Waals surface area contributed by atoms with E-state index in [1.54, 1.807) is 0 Å². The second kappa shape index (κ2) is 5.46. The maximum Gasteiger partial charge on any atom is 0.310 e. The molecule has 0 atom stereocenters. The Morgan fingerprint density at radius 2 is 2.29 bits per heavy atom. The van der Waals surface area contributed by atoms with Gasteiger partial charge in [-0.3, -0.25) is 9.63 Å². The van der Waals surface area contributed by atoms with E-state index in [4.69, 9.17) is 5.26 Å². The van der Waals surface area contributed by atoms with E-state index in [2.05, 4.69) is 9.57 Å². The second-order valence-electron chi connectivity index (χ2n) is 3.00. The summed E-state index contributed by atoms with van der Waals surface area (Å²) >= 11 is 0. The lowest BCUT2D eigenvalue weighted by molar-refractivity contribution is -0.711. The number of ether oxygens (including phenoxy) is 1. The minimum Gasteiger partial charge on any atom is -0.469 e. The lowest BCUT2D eigenvalue weighted by atomic mass is 10.1. The van der Waals surface area contributed by atoms with Crippen molar-refractivity contribution in [2.75, 3.05) is 7.11 Å². The first kappa shape index (κ1) is 12.4. The lowest BCUT2D eigenvalue weighted by Crippen LogP contribution is -2.10. The normalized spacial score (nSPS) is 9.18. The molecule has 7 heteroatoms. The largest absolute Gasteiger partial charge is 0.469 e. The van der Waals surface area contributed by atoms with Gasteiger partial charge in [0.15, 0.2) is 0 Å². The molecule has 1 aromatic rings. The molecule has 7 nitrogen and oxygen atoms in total. The van der Waals surface area contributed by atoms with Crippen molar-refractivity contribution in [2.24, 2.45) is 0 Å². The quantitative estimate of drug-likeness (QED) is 0.436. The Kier molecular flexibility index (Phi) is 4.00. The predicted molar refractivity (Wildman–Crippen MR) is 54.5 cm³/mol. The number of nitrogens with zero attached hydrogens (tertiary/aromatic N) is 2. The molecule has 0 spiro atoms. The fraction of sp³-hybridized carbons (Fsp3) is 0.200. The SMILES string of the molecule is COC(=O)Cc1ccc(C#N)cc1O[N+](=O)[O-]. The monoisotopic (exact) mass is 236 g/mol. The van der Waals surface area contributed by atoms with Gasteiger partial charge in [0.2, 0.25) is 0 Å². The first-order valence-electron chi connectivity index (χ1n) is 4.49. The zero-order valence-electron chi connectivity index (χ0n) is 8.87. The average molecular weight is 236 g/mol. The van der Waals surface area contributed by atoms with E-state index in [1.807, 2.05) is 6.07 Å². The smallest absolute Gasteiger partial charge is 0.310 e. The standard InChI is InChI=1S/C10H8N2O5/c1-16-10(13)5-8-3-2-7(6-11)4-9(8)17-12(14)15/h2-4H,5H2,1H3. The zero-order chi connectivity index (χ0) is 12.8. The van der Waals surface area contributed by atoms with Crippen LogP contribution in [0.5, 0.6) is 5.75 Å². The molecular weight excluding hydrogens is 228 g/mol. The summed E-state index contributed by atoms with van der Waals surface area (Å²) < 4.78 is 4.44. The molecule has 0 heterocycles. The number of carbonyl (C=O) groups is 1. The maximum atomic E-state index is 11.1. The Morgan fingerprint density at radius 3 is 2.82 bits per heavy atom. The Morgan fingerprint density at radius 1 is 1.59 bits per heavy atom. The highest BCUT2D eigenvalue weighted by Crippen LogP contribution is 2.21. The van der Waals surface area contributed by atoms with Crippen molar-refractivity contribution in [3.8, 4) is 11.8 Å². The number of carbonyl (C=O) groups excluding carboxylic acids is 1. The second-order valence-corrected chi connectivity index (χ2v) is 3.00. The van der Waals surface area contributed by atoms with E-state index in [0.29, 0.717) is 0 Å². The van der Waals surface area contributed by atoms with Crippen LogP contribution in [0.25, 0.3) is 0 Å². The van der Waals surface area contributed by atoms with Crippen molar-refractivity contribution in [3.05, 3.63) is 39.4 Å². The molecule has 0 bridgehead atoms. The van der Waals surface area contributed by atoms with Gasteiger partial charge in [-0.15, -0.1) is 10.1 Å². The molecule has 0 saturated carbocycles. The number of hydrogen-bond donors (Lipinski definition) is 0. The molecule has 0 amide bonds. The molecule has 17 heavy (non-hydrogen) atoms. The summed E-state index contributed by atoms with van der Waals surface area (Å²) in [5.41, 5.74) is 0.489. The molecule has 1 aromatic carbocycles. The minimum absolute atomic E-state index is 0.139. The predicted octanol–water partition coefficient (Wildman–Crippen LogP) is 0.844. The number of esters is 1. The summed E-state index contributed by atoms with van der Waals surface area (Å²) in [6.45, 7) is 0. The van der Waals surface area contributed by atoms with E-state index in [9.17, 15) is 14.9 Å². The van der Waals surface area contributed by atoms with Gasteiger partial charge in [-0.1, -0.05) is 6.07 Å². The van der Waals surface area contributed by atoms with Gasteiger partial charge in [0.05, 0.1) is 25.2 Å². The van der Waals surface area contributed by atoms with Gasteiger partial charge in [-0.2, -0.15) is 5.26 Å². The first-order chi connectivity index (χ1) is 8.06. The third kappa shape index (κ3) is 3.46. The van der Waals surface area contributed by atoms with Gasteiger partial charge in [0, 0.05) is 0 Å². The van der Waals surface area contributed by atoms with Crippen molar-refractivity contribution in [2.45, 2.75) is 6.42 Å². The molecule has 0 aliphatic carbocycles. The highest BCUT2D eigenvalue weighted by atomic mass is 17.0. The third-order valence-electron chi connectivity index (χ3n) is 1.93. The summed E-state index contributed by atoms with van der Waals surface area (Å²) in [7, 11) is 1.21. The van der Waals surface area contributed by atoms with Crippen LogP contribution in [0.2, 0.25) is 0 Å². The summed E-state index contributed by atoms with van der Waals surface area (Å²) in [6, 6.07) is 5.86. The topological polar surface area (TPSA) is 102 Å². The molecule has 0 aliphatic heterocycles. The highest BCUT2D eigenvalue weighted by Gasteiger charge is 2.12. The van der Waals surface area contributed by atoms with Gasteiger partial charge in [0.25, 0.3) is 5.09 Å². The summed E-state index contributed by atoms with van der Waals surface area (Å²) in [5.74, 6) is -0.692. The van der Waals surface area contributed by atoms with E-state index >= 15 is 0 Å². The molecule has 0 unspecified atom stereocenters. The number of rotatable bonds is 4. The average Bonchev–Trinajstić information content (AvgIpc) is 2.30. The maximum absolute atomic E-state index is 11.1. The number of nitriles is 1. The van der Waals surface area contributed by atoms with E-state index in [0.717, 1.165) is 0 Å². The minimum atomic E-state index is -1.00. The number of methoxy groups -OCH3 is 1. The number of benzene rings is 1. The van der Waals surface area contributed by atoms with Crippen molar-refractivity contribution < 1.29 is 19.5 Å². The molecular formula is C10H8N2O5. The van der Waals surface area contributed by atoms with E-state index in [1.165, 1.54) is 25.3 Å². The first-order valence-corrected chi connectivity index (χ1v) is 4.49. The fourth-order valence-electron chi connectivity index (χ4n) is 1.16. The van der Waals surface area contributed by atoms with Gasteiger partial charge in [0.1, 0.15) is 5.75 Å². The number of hydrogen-bond acceptors (Lipinski definition) is 6. The van der Waals surface area contributed by atoms with Gasteiger partial charge in [-0.25, -0.2) is 0 Å². The molecule has 0 saturated heterocycles.